The first-order chi connectivity index (χ1) is 13.0. The molecule has 0 spiro atoms. The summed E-state index contributed by atoms with van der Waals surface area (Å²) in [5.41, 5.74) is 3.21. The zero-order valence-corrected chi connectivity index (χ0v) is 16.1. The minimum atomic E-state index is -0.403. The van der Waals surface area contributed by atoms with Gasteiger partial charge in [-0.15, -0.1) is 0 Å². The Morgan fingerprint density at radius 3 is 2.30 bits per heavy atom. The molecule has 1 fully saturated rings. The first-order valence-electron chi connectivity index (χ1n) is 8.73. The number of nitrogens with zero attached hydrogens (tertiary/aromatic N) is 2. The molecule has 7 heteroatoms. The Balaban J connectivity index is 1.55. The van der Waals surface area contributed by atoms with Crippen LogP contribution >= 0.6 is 11.6 Å². The standard InChI is InChI=1S/C20H22ClN3O3/c1-14-3-8-17(13-18(14)21)23-9-11-24(12-10-23)20(26)22-16-6-4-15(5-7-16)19(25)27-2/h3-8,13H,9-12H2,1-2H3,(H,22,26). The number of nitrogens with one attached hydrogen (secondary N) is 1. The molecule has 0 atom stereocenters. The molecule has 3 rings (SSSR count). The summed E-state index contributed by atoms with van der Waals surface area (Å²) in [4.78, 5) is 27.9. The SMILES string of the molecule is COC(=O)c1ccc(NC(=O)N2CCN(c3ccc(C)c(Cl)c3)CC2)cc1. The van der Waals surface area contributed by atoms with Crippen molar-refractivity contribution < 1.29 is 14.3 Å². The van der Waals surface area contributed by atoms with Crippen molar-refractivity contribution >= 4 is 35.0 Å². The molecule has 1 saturated heterocycles. The molecule has 1 aliphatic heterocycles. The predicted molar refractivity (Wildman–Crippen MR) is 107 cm³/mol. The quantitative estimate of drug-likeness (QED) is 0.814. The van der Waals surface area contributed by atoms with E-state index in [0.29, 0.717) is 24.3 Å². The number of anilines is 2. The molecule has 0 saturated carbocycles. The van der Waals surface area contributed by atoms with Crippen molar-refractivity contribution in [2.45, 2.75) is 6.92 Å². The van der Waals surface area contributed by atoms with E-state index < -0.39 is 5.97 Å². The van der Waals surface area contributed by atoms with Gasteiger partial charge in [-0.1, -0.05) is 17.7 Å². The van der Waals surface area contributed by atoms with E-state index >= 15 is 0 Å². The molecule has 0 radical (unpaired) electrons. The molecule has 1 heterocycles. The van der Waals surface area contributed by atoms with Gasteiger partial charge in [0, 0.05) is 42.6 Å². The van der Waals surface area contributed by atoms with E-state index in [1.807, 2.05) is 19.1 Å². The third kappa shape index (κ3) is 4.52. The second kappa shape index (κ2) is 8.31. The van der Waals surface area contributed by atoms with E-state index in [1.54, 1.807) is 29.2 Å². The second-order valence-electron chi connectivity index (χ2n) is 6.41. The van der Waals surface area contributed by atoms with Crippen LogP contribution in [0.2, 0.25) is 5.02 Å². The number of amides is 2. The number of esters is 1. The van der Waals surface area contributed by atoms with Gasteiger partial charge in [-0.05, 0) is 48.9 Å². The smallest absolute Gasteiger partial charge is 0.337 e. The summed E-state index contributed by atoms with van der Waals surface area (Å²) in [6, 6.07) is 12.5. The molecule has 0 aromatic heterocycles. The van der Waals surface area contributed by atoms with E-state index in [-0.39, 0.29) is 6.03 Å². The van der Waals surface area contributed by atoms with Crippen molar-refractivity contribution in [3.8, 4) is 0 Å². The molecule has 142 valence electrons. The lowest BCUT2D eigenvalue weighted by Crippen LogP contribution is -2.50. The van der Waals surface area contributed by atoms with E-state index in [0.717, 1.165) is 29.4 Å². The third-order valence-corrected chi connectivity index (χ3v) is 5.05. The number of benzene rings is 2. The number of hydrogen-bond acceptors (Lipinski definition) is 4. The molecule has 0 aliphatic carbocycles. The van der Waals surface area contributed by atoms with Gasteiger partial charge in [0.25, 0.3) is 0 Å². The lowest BCUT2D eigenvalue weighted by Gasteiger charge is -2.36. The van der Waals surface area contributed by atoms with Crippen molar-refractivity contribution in [3.63, 3.8) is 0 Å². The van der Waals surface area contributed by atoms with Crippen molar-refractivity contribution in [2.24, 2.45) is 0 Å². The summed E-state index contributed by atoms with van der Waals surface area (Å²) in [6.07, 6.45) is 0. The number of methoxy groups -OCH3 is 1. The lowest BCUT2D eigenvalue weighted by atomic mass is 10.2. The Bertz CT molecular complexity index is 831. The van der Waals surface area contributed by atoms with Crippen LogP contribution in [0.3, 0.4) is 0 Å². The van der Waals surface area contributed by atoms with E-state index in [4.69, 9.17) is 11.6 Å². The number of aryl methyl sites for hydroxylation is 1. The van der Waals surface area contributed by atoms with Gasteiger partial charge in [0.05, 0.1) is 12.7 Å². The highest BCUT2D eigenvalue weighted by Gasteiger charge is 2.21. The minimum absolute atomic E-state index is 0.151. The molecular formula is C20H22ClN3O3. The number of urea groups is 1. The summed E-state index contributed by atoms with van der Waals surface area (Å²) in [7, 11) is 1.34. The summed E-state index contributed by atoms with van der Waals surface area (Å²) in [6.45, 7) is 4.71. The van der Waals surface area contributed by atoms with Gasteiger partial charge in [0.2, 0.25) is 0 Å². The molecule has 27 heavy (non-hydrogen) atoms. The maximum Gasteiger partial charge on any atom is 0.337 e. The first kappa shape index (κ1) is 19.0. The van der Waals surface area contributed by atoms with Crippen molar-refractivity contribution in [2.75, 3.05) is 43.5 Å². The molecule has 2 aromatic rings. The van der Waals surface area contributed by atoms with E-state index in [2.05, 4.69) is 21.0 Å². The van der Waals surface area contributed by atoms with Crippen LogP contribution in [0, 0.1) is 6.92 Å². The fourth-order valence-corrected chi connectivity index (χ4v) is 3.13. The fraction of sp³-hybridized carbons (Fsp3) is 0.300. The highest BCUT2D eigenvalue weighted by molar-refractivity contribution is 6.31. The van der Waals surface area contributed by atoms with Crippen molar-refractivity contribution in [3.05, 3.63) is 58.6 Å². The normalized spacial score (nSPS) is 14.0. The number of ether oxygens (including phenoxy) is 1. The van der Waals surface area contributed by atoms with Gasteiger partial charge in [-0.3, -0.25) is 0 Å². The summed E-state index contributed by atoms with van der Waals surface area (Å²) in [5, 5.41) is 3.62. The van der Waals surface area contributed by atoms with E-state index in [1.165, 1.54) is 7.11 Å². The maximum atomic E-state index is 12.5. The van der Waals surface area contributed by atoms with Gasteiger partial charge in [-0.2, -0.15) is 0 Å². The molecule has 0 bridgehead atoms. The fourth-order valence-electron chi connectivity index (χ4n) is 2.96. The highest BCUT2D eigenvalue weighted by Crippen LogP contribution is 2.24. The van der Waals surface area contributed by atoms with Crippen LogP contribution in [0.4, 0.5) is 16.2 Å². The van der Waals surface area contributed by atoms with Gasteiger partial charge >= 0.3 is 12.0 Å². The zero-order valence-electron chi connectivity index (χ0n) is 15.4. The Labute approximate surface area is 163 Å². The Hall–Kier alpha value is -2.73. The van der Waals surface area contributed by atoms with Gasteiger partial charge in [-0.25, -0.2) is 9.59 Å². The van der Waals surface area contributed by atoms with Crippen LogP contribution in [-0.4, -0.2) is 50.2 Å². The Kier molecular flexibility index (Phi) is 5.86. The third-order valence-electron chi connectivity index (χ3n) is 4.64. The van der Waals surface area contributed by atoms with Crippen molar-refractivity contribution in [1.82, 2.24) is 4.90 Å². The van der Waals surface area contributed by atoms with Crippen LogP contribution in [0.15, 0.2) is 42.5 Å². The number of rotatable bonds is 3. The summed E-state index contributed by atoms with van der Waals surface area (Å²) >= 11 is 6.21. The van der Waals surface area contributed by atoms with Crippen molar-refractivity contribution in [1.29, 1.82) is 0 Å². The monoisotopic (exact) mass is 387 g/mol. The van der Waals surface area contributed by atoms with Crippen LogP contribution in [-0.2, 0) is 4.74 Å². The number of piperazine rings is 1. The number of hydrogen-bond donors (Lipinski definition) is 1. The molecule has 2 aromatic carbocycles. The lowest BCUT2D eigenvalue weighted by molar-refractivity contribution is 0.0600. The zero-order chi connectivity index (χ0) is 19.4. The maximum absolute atomic E-state index is 12.5. The topological polar surface area (TPSA) is 61.9 Å². The Morgan fingerprint density at radius 2 is 1.70 bits per heavy atom. The molecule has 1 N–H and O–H groups in total. The van der Waals surface area contributed by atoms with Crippen LogP contribution in [0.25, 0.3) is 0 Å². The molecule has 6 nitrogen and oxygen atoms in total. The molecule has 2 amide bonds. The predicted octanol–water partition coefficient (Wildman–Crippen LogP) is 3.79. The molecule has 1 aliphatic rings. The average Bonchev–Trinajstić information content (AvgIpc) is 2.70. The Morgan fingerprint density at radius 1 is 1.04 bits per heavy atom. The van der Waals surface area contributed by atoms with Crippen LogP contribution in [0.1, 0.15) is 15.9 Å². The van der Waals surface area contributed by atoms with E-state index in [9.17, 15) is 9.59 Å². The molecular weight excluding hydrogens is 366 g/mol. The van der Waals surface area contributed by atoms with Gasteiger partial charge in [0.15, 0.2) is 0 Å². The van der Waals surface area contributed by atoms with Crippen LogP contribution < -0.4 is 10.2 Å². The minimum Gasteiger partial charge on any atom is -0.465 e. The molecule has 0 unspecified atom stereocenters. The summed E-state index contributed by atoms with van der Waals surface area (Å²) < 4.78 is 4.67. The van der Waals surface area contributed by atoms with Crippen LogP contribution in [0.5, 0.6) is 0 Å². The first-order valence-corrected chi connectivity index (χ1v) is 9.11. The average molecular weight is 388 g/mol. The number of halogens is 1. The number of carbonyl (C=O) groups excluding carboxylic acids is 2. The highest BCUT2D eigenvalue weighted by atomic mass is 35.5. The van der Waals surface area contributed by atoms with Gasteiger partial charge < -0.3 is 19.9 Å². The number of carbonyl (C=O) groups is 2. The second-order valence-corrected chi connectivity index (χ2v) is 6.81. The summed E-state index contributed by atoms with van der Waals surface area (Å²) in [5.74, 6) is -0.403. The van der Waals surface area contributed by atoms with Gasteiger partial charge in [0.1, 0.15) is 0 Å². The largest absolute Gasteiger partial charge is 0.465 e.